The van der Waals surface area contributed by atoms with Crippen LogP contribution in [0.3, 0.4) is 0 Å². The van der Waals surface area contributed by atoms with Crippen molar-refractivity contribution in [1.29, 1.82) is 0 Å². The van der Waals surface area contributed by atoms with Gasteiger partial charge in [-0.3, -0.25) is 4.90 Å². The van der Waals surface area contributed by atoms with Crippen LogP contribution < -0.4 is 5.32 Å². The molecule has 3 nitrogen and oxygen atoms in total. The number of nitrogens with one attached hydrogen (secondary N) is 1. The minimum Gasteiger partial charge on any atom is -0.365 e. The van der Waals surface area contributed by atoms with E-state index in [2.05, 4.69) is 10.3 Å². The zero-order valence-corrected chi connectivity index (χ0v) is 10.6. The fourth-order valence-corrected chi connectivity index (χ4v) is 2.63. The van der Waals surface area contributed by atoms with E-state index < -0.39 is 0 Å². The van der Waals surface area contributed by atoms with E-state index in [0.29, 0.717) is 0 Å². The van der Waals surface area contributed by atoms with E-state index in [4.69, 9.17) is 12.2 Å². The summed E-state index contributed by atoms with van der Waals surface area (Å²) in [5, 5.41) is 4.70. The molecule has 2 rings (SSSR count). The Morgan fingerprint density at radius 2 is 2.19 bits per heavy atom. The van der Waals surface area contributed by atoms with Gasteiger partial charge >= 0.3 is 0 Å². The number of benzene rings is 1. The molecular formula is C11H13N3S2. The van der Waals surface area contributed by atoms with Crippen LogP contribution in [0.2, 0.25) is 0 Å². The van der Waals surface area contributed by atoms with Crippen molar-refractivity contribution in [3.8, 4) is 0 Å². The van der Waals surface area contributed by atoms with Crippen LogP contribution in [0.25, 0.3) is 0 Å². The summed E-state index contributed by atoms with van der Waals surface area (Å²) in [4.78, 5) is 6.62. The minimum atomic E-state index is 0.736. The lowest BCUT2D eigenvalue weighted by atomic mass is 10.3. The third-order valence-electron chi connectivity index (χ3n) is 2.22. The molecule has 1 aromatic carbocycles. The maximum atomic E-state index is 5.23. The second-order valence-electron chi connectivity index (χ2n) is 3.29. The molecular weight excluding hydrogens is 238 g/mol. The summed E-state index contributed by atoms with van der Waals surface area (Å²) in [5.74, 6) is 1.04. The number of rotatable bonds is 1. The smallest absolute Gasteiger partial charge is 0.174 e. The SMILES string of the molecule is CNC(=S)N1CCSC1=Nc1ccccc1. The van der Waals surface area contributed by atoms with E-state index in [9.17, 15) is 0 Å². The van der Waals surface area contributed by atoms with Gasteiger partial charge in [0.05, 0.1) is 5.69 Å². The van der Waals surface area contributed by atoms with Crippen LogP contribution in [-0.2, 0) is 0 Å². The van der Waals surface area contributed by atoms with Gasteiger partial charge in [-0.05, 0) is 24.4 Å². The van der Waals surface area contributed by atoms with Crippen molar-refractivity contribution < 1.29 is 0 Å². The summed E-state index contributed by atoms with van der Waals surface area (Å²) in [7, 11) is 1.84. The monoisotopic (exact) mass is 251 g/mol. The maximum absolute atomic E-state index is 5.23. The Labute approximate surface area is 105 Å². The van der Waals surface area contributed by atoms with Crippen molar-refractivity contribution in [2.24, 2.45) is 4.99 Å². The van der Waals surface area contributed by atoms with Gasteiger partial charge in [0.1, 0.15) is 0 Å². The molecule has 0 amide bonds. The molecule has 0 radical (unpaired) electrons. The third-order valence-corrected chi connectivity index (χ3v) is 3.60. The second-order valence-corrected chi connectivity index (χ2v) is 4.73. The molecule has 0 saturated carbocycles. The highest BCUT2D eigenvalue weighted by Crippen LogP contribution is 2.22. The summed E-state index contributed by atoms with van der Waals surface area (Å²) < 4.78 is 0. The topological polar surface area (TPSA) is 27.6 Å². The van der Waals surface area contributed by atoms with Crippen molar-refractivity contribution in [1.82, 2.24) is 10.2 Å². The number of amidine groups is 1. The quantitative estimate of drug-likeness (QED) is 0.775. The first-order chi connectivity index (χ1) is 7.81. The molecule has 1 fully saturated rings. The predicted molar refractivity (Wildman–Crippen MR) is 74.4 cm³/mol. The van der Waals surface area contributed by atoms with Crippen LogP contribution in [0.5, 0.6) is 0 Å². The van der Waals surface area contributed by atoms with E-state index >= 15 is 0 Å². The standard InChI is InChI=1S/C11H13N3S2/c1-12-10(15)14-7-8-16-11(14)13-9-5-3-2-4-6-9/h2-6H,7-8H2,1H3,(H,12,15). The Balaban J connectivity index is 2.20. The van der Waals surface area contributed by atoms with E-state index in [1.807, 2.05) is 42.3 Å². The van der Waals surface area contributed by atoms with Crippen LogP contribution in [0.4, 0.5) is 5.69 Å². The number of thioether (sulfide) groups is 1. The van der Waals surface area contributed by atoms with E-state index in [0.717, 1.165) is 28.3 Å². The molecule has 84 valence electrons. The maximum Gasteiger partial charge on any atom is 0.174 e. The molecule has 1 aliphatic rings. The van der Waals surface area contributed by atoms with Gasteiger partial charge in [-0.1, -0.05) is 30.0 Å². The van der Waals surface area contributed by atoms with Crippen molar-refractivity contribution >= 4 is 39.9 Å². The van der Waals surface area contributed by atoms with Crippen LogP contribution in [0, 0.1) is 0 Å². The number of aliphatic imine (C=N–C) groups is 1. The van der Waals surface area contributed by atoms with Crippen molar-refractivity contribution in [3.63, 3.8) is 0 Å². The average Bonchev–Trinajstić information content (AvgIpc) is 2.77. The predicted octanol–water partition coefficient (Wildman–Crippen LogP) is 2.23. The van der Waals surface area contributed by atoms with Gasteiger partial charge in [0, 0.05) is 19.3 Å². The molecule has 1 saturated heterocycles. The first kappa shape index (κ1) is 11.4. The van der Waals surface area contributed by atoms with Crippen molar-refractivity contribution in [2.75, 3.05) is 19.3 Å². The van der Waals surface area contributed by atoms with E-state index in [-0.39, 0.29) is 0 Å². The van der Waals surface area contributed by atoms with Crippen LogP contribution >= 0.6 is 24.0 Å². The molecule has 1 aliphatic heterocycles. The summed E-state index contributed by atoms with van der Waals surface area (Å²) in [6.07, 6.45) is 0. The summed E-state index contributed by atoms with van der Waals surface area (Å²) in [5.41, 5.74) is 0.968. The lowest BCUT2D eigenvalue weighted by Gasteiger charge is -2.17. The number of thiocarbonyl (C=S) groups is 1. The van der Waals surface area contributed by atoms with Gasteiger partial charge in [0.15, 0.2) is 10.3 Å². The van der Waals surface area contributed by atoms with E-state index in [1.165, 1.54) is 0 Å². The summed E-state index contributed by atoms with van der Waals surface area (Å²) in [6.45, 7) is 0.927. The van der Waals surface area contributed by atoms with Crippen molar-refractivity contribution in [3.05, 3.63) is 30.3 Å². The lowest BCUT2D eigenvalue weighted by Crippen LogP contribution is -2.38. The molecule has 0 spiro atoms. The van der Waals surface area contributed by atoms with Crippen LogP contribution in [-0.4, -0.2) is 34.5 Å². The molecule has 1 N–H and O–H groups in total. The van der Waals surface area contributed by atoms with Gasteiger partial charge < -0.3 is 5.32 Å². The summed E-state index contributed by atoms with van der Waals surface area (Å²) >= 11 is 6.97. The fraction of sp³-hybridized carbons (Fsp3) is 0.273. The average molecular weight is 251 g/mol. The molecule has 0 atom stereocenters. The zero-order chi connectivity index (χ0) is 11.4. The number of nitrogens with zero attached hydrogens (tertiary/aromatic N) is 2. The number of hydrogen-bond donors (Lipinski definition) is 1. The Kier molecular flexibility index (Phi) is 3.79. The number of para-hydroxylation sites is 1. The molecule has 1 heterocycles. The molecule has 5 heteroatoms. The van der Waals surface area contributed by atoms with Crippen LogP contribution in [0.15, 0.2) is 35.3 Å². The highest BCUT2D eigenvalue weighted by Gasteiger charge is 2.22. The Morgan fingerprint density at radius 3 is 2.88 bits per heavy atom. The molecule has 0 unspecified atom stereocenters. The Morgan fingerprint density at radius 1 is 1.44 bits per heavy atom. The molecule has 0 aromatic heterocycles. The minimum absolute atomic E-state index is 0.736. The first-order valence-corrected chi connectivity index (χ1v) is 6.46. The zero-order valence-electron chi connectivity index (χ0n) is 9.01. The lowest BCUT2D eigenvalue weighted by molar-refractivity contribution is 0.665. The molecule has 16 heavy (non-hydrogen) atoms. The second kappa shape index (κ2) is 5.32. The van der Waals surface area contributed by atoms with Gasteiger partial charge in [-0.2, -0.15) is 0 Å². The Bertz CT molecular complexity index is 403. The van der Waals surface area contributed by atoms with E-state index in [1.54, 1.807) is 11.8 Å². The van der Waals surface area contributed by atoms with Gasteiger partial charge in [0.2, 0.25) is 0 Å². The van der Waals surface area contributed by atoms with Crippen LogP contribution in [0.1, 0.15) is 0 Å². The highest BCUT2D eigenvalue weighted by atomic mass is 32.2. The highest BCUT2D eigenvalue weighted by molar-refractivity contribution is 8.14. The van der Waals surface area contributed by atoms with Gasteiger partial charge in [0.25, 0.3) is 0 Å². The molecule has 0 aliphatic carbocycles. The molecule has 0 bridgehead atoms. The third kappa shape index (κ3) is 2.54. The first-order valence-electron chi connectivity index (χ1n) is 5.07. The Hall–Kier alpha value is -1.07. The normalized spacial score (nSPS) is 17.8. The largest absolute Gasteiger partial charge is 0.365 e. The number of hydrogen-bond acceptors (Lipinski definition) is 3. The van der Waals surface area contributed by atoms with Gasteiger partial charge in [-0.15, -0.1) is 0 Å². The fourth-order valence-electron chi connectivity index (χ4n) is 1.43. The van der Waals surface area contributed by atoms with Gasteiger partial charge in [-0.25, -0.2) is 4.99 Å². The molecule has 1 aromatic rings. The summed E-state index contributed by atoms with van der Waals surface area (Å²) in [6, 6.07) is 9.94. The van der Waals surface area contributed by atoms with Crippen molar-refractivity contribution in [2.45, 2.75) is 0 Å².